The van der Waals surface area contributed by atoms with Gasteiger partial charge in [-0.1, -0.05) is 0 Å². The number of fused-ring (bicyclic) bond motifs is 3. The second-order valence-corrected chi connectivity index (χ2v) is 5.06. The number of piperidine rings is 1. The zero-order chi connectivity index (χ0) is 12.8. The molecule has 1 fully saturated rings. The quantitative estimate of drug-likeness (QED) is 0.641. The number of nitrogens with zero attached hydrogens (tertiary/aromatic N) is 2. The molecule has 0 unspecified atom stereocenters. The maximum atomic E-state index is 11.6. The monoisotopic (exact) mass is 248 g/mol. The van der Waals surface area contributed by atoms with Crippen molar-refractivity contribution in [2.24, 2.45) is 4.99 Å². The molecule has 18 heavy (non-hydrogen) atoms. The van der Waals surface area contributed by atoms with Crippen LogP contribution in [0.4, 0.5) is 0 Å². The number of hydrogen-bond donors (Lipinski definition) is 0. The van der Waals surface area contributed by atoms with E-state index >= 15 is 0 Å². The third-order valence-electron chi connectivity index (χ3n) is 3.93. The van der Waals surface area contributed by atoms with Gasteiger partial charge in [0, 0.05) is 26.3 Å². The SMILES string of the molecule is CC(=O)O[C@]12C=CC(=O)C[C@H]1N1CCN=C1CC2. The minimum atomic E-state index is -0.636. The maximum absolute atomic E-state index is 11.6. The first-order chi connectivity index (χ1) is 8.61. The predicted molar refractivity (Wildman–Crippen MR) is 65.3 cm³/mol. The van der Waals surface area contributed by atoms with Crippen molar-refractivity contribution in [1.29, 1.82) is 0 Å². The van der Waals surface area contributed by atoms with E-state index in [0.29, 0.717) is 6.42 Å². The number of hydrogen-bond acceptors (Lipinski definition) is 5. The van der Waals surface area contributed by atoms with E-state index in [0.717, 1.165) is 31.8 Å². The van der Waals surface area contributed by atoms with Gasteiger partial charge in [0.15, 0.2) is 11.4 Å². The van der Waals surface area contributed by atoms with Crippen molar-refractivity contribution in [2.45, 2.75) is 37.8 Å². The Labute approximate surface area is 106 Å². The molecule has 2 aliphatic heterocycles. The molecule has 3 aliphatic rings. The van der Waals surface area contributed by atoms with E-state index in [-0.39, 0.29) is 17.8 Å². The first-order valence-electron chi connectivity index (χ1n) is 6.32. The number of amidine groups is 1. The zero-order valence-electron chi connectivity index (χ0n) is 10.4. The number of aliphatic imine (C=N–C) groups is 1. The van der Waals surface area contributed by atoms with Crippen LogP contribution in [0.2, 0.25) is 0 Å². The Morgan fingerprint density at radius 3 is 3.22 bits per heavy atom. The summed E-state index contributed by atoms with van der Waals surface area (Å²) in [7, 11) is 0. The molecule has 2 atom stereocenters. The van der Waals surface area contributed by atoms with Crippen LogP contribution in [0.1, 0.15) is 26.2 Å². The summed E-state index contributed by atoms with van der Waals surface area (Å²) < 4.78 is 5.56. The fourth-order valence-corrected chi connectivity index (χ4v) is 3.19. The van der Waals surface area contributed by atoms with E-state index in [9.17, 15) is 9.59 Å². The van der Waals surface area contributed by atoms with Crippen molar-refractivity contribution in [1.82, 2.24) is 4.90 Å². The smallest absolute Gasteiger partial charge is 0.303 e. The Morgan fingerprint density at radius 2 is 2.44 bits per heavy atom. The normalized spacial score (nSPS) is 33.8. The summed E-state index contributed by atoms with van der Waals surface area (Å²) >= 11 is 0. The predicted octanol–water partition coefficient (Wildman–Crippen LogP) is 0.694. The Balaban J connectivity index is 1.98. The molecule has 0 N–H and O–H groups in total. The molecule has 0 aromatic rings. The average Bonchev–Trinajstić information content (AvgIpc) is 2.77. The lowest BCUT2D eigenvalue weighted by atomic mass is 9.77. The molecular weight excluding hydrogens is 232 g/mol. The summed E-state index contributed by atoms with van der Waals surface area (Å²) in [6.07, 6.45) is 5.26. The van der Waals surface area contributed by atoms with E-state index in [1.807, 2.05) is 0 Å². The second kappa shape index (κ2) is 3.93. The van der Waals surface area contributed by atoms with Crippen LogP contribution in [-0.4, -0.2) is 47.2 Å². The molecule has 0 radical (unpaired) electrons. The minimum absolute atomic E-state index is 0.0751. The van der Waals surface area contributed by atoms with Crippen LogP contribution < -0.4 is 0 Å². The summed E-state index contributed by atoms with van der Waals surface area (Å²) in [5.74, 6) is 0.861. The van der Waals surface area contributed by atoms with Crippen molar-refractivity contribution in [3.63, 3.8) is 0 Å². The Hall–Kier alpha value is -1.65. The molecule has 1 saturated heterocycles. The molecule has 96 valence electrons. The second-order valence-electron chi connectivity index (χ2n) is 5.06. The summed E-state index contributed by atoms with van der Waals surface area (Å²) in [6.45, 7) is 3.02. The van der Waals surface area contributed by atoms with Gasteiger partial charge in [0.25, 0.3) is 0 Å². The first-order valence-corrected chi connectivity index (χ1v) is 6.32. The van der Waals surface area contributed by atoms with Crippen LogP contribution in [0, 0.1) is 0 Å². The van der Waals surface area contributed by atoms with E-state index in [4.69, 9.17) is 4.74 Å². The number of carbonyl (C=O) groups excluding carboxylic acids is 2. The van der Waals surface area contributed by atoms with E-state index in [1.54, 1.807) is 12.2 Å². The standard InChI is InChI=1S/C13H16N2O3/c1-9(16)18-13-4-2-10(17)8-11(13)15-7-6-14-12(15)3-5-13/h2,4,11H,3,5-8H2,1H3/t11-,13+/m1/s1. The van der Waals surface area contributed by atoms with Crippen LogP contribution in [0.15, 0.2) is 17.1 Å². The molecule has 0 saturated carbocycles. The van der Waals surface area contributed by atoms with Crippen LogP contribution in [0.5, 0.6) is 0 Å². The highest BCUT2D eigenvalue weighted by Crippen LogP contribution is 2.39. The highest BCUT2D eigenvalue weighted by Gasteiger charge is 2.50. The van der Waals surface area contributed by atoms with Crippen molar-refractivity contribution in [3.8, 4) is 0 Å². The van der Waals surface area contributed by atoms with Crippen LogP contribution >= 0.6 is 0 Å². The Bertz CT molecular complexity index is 469. The molecule has 5 heteroatoms. The van der Waals surface area contributed by atoms with E-state index in [2.05, 4.69) is 9.89 Å². The maximum Gasteiger partial charge on any atom is 0.303 e. The van der Waals surface area contributed by atoms with Crippen LogP contribution in [-0.2, 0) is 14.3 Å². The van der Waals surface area contributed by atoms with Crippen molar-refractivity contribution in [3.05, 3.63) is 12.2 Å². The number of carbonyl (C=O) groups is 2. The summed E-state index contributed by atoms with van der Waals surface area (Å²) in [5.41, 5.74) is -0.636. The van der Waals surface area contributed by atoms with E-state index < -0.39 is 5.60 Å². The lowest BCUT2D eigenvalue weighted by Crippen LogP contribution is -2.60. The number of ketones is 1. The summed E-state index contributed by atoms with van der Waals surface area (Å²) in [4.78, 5) is 29.6. The lowest BCUT2D eigenvalue weighted by Gasteiger charge is -2.48. The summed E-state index contributed by atoms with van der Waals surface area (Å²) in [5, 5.41) is 0. The number of allylic oxidation sites excluding steroid dienone is 1. The molecule has 2 heterocycles. The van der Waals surface area contributed by atoms with Crippen LogP contribution in [0.25, 0.3) is 0 Å². The topological polar surface area (TPSA) is 59.0 Å². The van der Waals surface area contributed by atoms with Crippen molar-refractivity contribution >= 4 is 17.6 Å². The fraction of sp³-hybridized carbons (Fsp3) is 0.615. The van der Waals surface area contributed by atoms with Gasteiger partial charge >= 0.3 is 5.97 Å². The van der Waals surface area contributed by atoms with Gasteiger partial charge in [-0.2, -0.15) is 0 Å². The molecule has 0 aromatic carbocycles. The molecule has 1 aliphatic carbocycles. The number of ether oxygens (including phenoxy) is 1. The number of rotatable bonds is 1. The zero-order valence-corrected chi connectivity index (χ0v) is 10.4. The highest BCUT2D eigenvalue weighted by molar-refractivity contribution is 5.94. The highest BCUT2D eigenvalue weighted by atomic mass is 16.6. The Morgan fingerprint density at radius 1 is 1.61 bits per heavy atom. The third kappa shape index (κ3) is 1.65. The van der Waals surface area contributed by atoms with Gasteiger partial charge < -0.3 is 9.64 Å². The lowest BCUT2D eigenvalue weighted by molar-refractivity contribution is -0.161. The molecule has 0 amide bonds. The largest absolute Gasteiger partial charge is 0.453 e. The molecular formula is C13H16N2O3. The molecule has 0 spiro atoms. The van der Waals surface area contributed by atoms with Crippen molar-refractivity contribution < 1.29 is 14.3 Å². The molecule has 0 aromatic heterocycles. The van der Waals surface area contributed by atoms with Gasteiger partial charge in [0.2, 0.25) is 0 Å². The van der Waals surface area contributed by atoms with Crippen molar-refractivity contribution in [2.75, 3.05) is 13.1 Å². The average molecular weight is 248 g/mol. The molecule has 0 bridgehead atoms. The van der Waals surface area contributed by atoms with Gasteiger partial charge in [0.05, 0.1) is 18.4 Å². The molecule has 5 nitrogen and oxygen atoms in total. The molecule has 3 rings (SSSR count). The Kier molecular flexibility index (Phi) is 2.50. The van der Waals surface area contributed by atoms with Gasteiger partial charge in [-0.15, -0.1) is 0 Å². The van der Waals surface area contributed by atoms with Gasteiger partial charge in [0.1, 0.15) is 0 Å². The van der Waals surface area contributed by atoms with Gasteiger partial charge in [-0.3, -0.25) is 14.6 Å². The van der Waals surface area contributed by atoms with Gasteiger partial charge in [-0.25, -0.2) is 0 Å². The van der Waals surface area contributed by atoms with Gasteiger partial charge in [-0.05, 0) is 18.6 Å². The fourth-order valence-electron chi connectivity index (χ4n) is 3.19. The number of esters is 1. The third-order valence-corrected chi connectivity index (χ3v) is 3.93. The van der Waals surface area contributed by atoms with Crippen LogP contribution in [0.3, 0.4) is 0 Å². The first kappa shape index (κ1) is 11.4. The van der Waals surface area contributed by atoms with E-state index in [1.165, 1.54) is 6.92 Å². The summed E-state index contributed by atoms with van der Waals surface area (Å²) in [6, 6.07) is -0.0751. The minimum Gasteiger partial charge on any atom is -0.453 e.